The predicted molar refractivity (Wildman–Crippen MR) is 59.9 cm³/mol. The Hall–Kier alpha value is -1.49. The molecule has 4 nitrogen and oxygen atoms in total. The number of pyridine rings is 1. The fourth-order valence-electron chi connectivity index (χ4n) is 2.09. The molecule has 1 saturated heterocycles. The highest BCUT2D eigenvalue weighted by molar-refractivity contribution is 5.92. The number of halogens is 1. The van der Waals surface area contributed by atoms with Gasteiger partial charge in [0.2, 0.25) is 5.95 Å². The molecule has 0 spiro atoms. The van der Waals surface area contributed by atoms with Gasteiger partial charge in [0.15, 0.2) is 0 Å². The molecule has 1 aliphatic rings. The van der Waals surface area contributed by atoms with Gasteiger partial charge >= 0.3 is 0 Å². The second-order valence-corrected chi connectivity index (χ2v) is 4.29. The van der Waals surface area contributed by atoms with Gasteiger partial charge in [-0.2, -0.15) is 4.39 Å². The van der Waals surface area contributed by atoms with Crippen molar-refractivity contribution in [2.45, 2.75) is 12.8 Å². The highest BCUT2D eigenvalue weighted by atomic mass is 19.1. The van der Waals surface area contributed by atoms with Gasteiger partial charge in [-0.25, -0.2) is 4.98 Å². The van der Waals surface area contributed by atoms with E-state index in [1.54, 1.807) is 4.90 Å². The van der Waals surface area contributed by atoms with Gasteiger partial charge in [0.25, 0.3) is 5.91 Å². The van der Waals surface area contributed by atoms with Crippen molar-refractivity contribution in [1.82, 2.24) is 9.88 Å². The lowest BCUT2D eigenvalue weighted by Gasteiger charge is -2.31. The van der Waals surface area contributed by atoms with Crippen molar-refractivity contribution in [3.8, 4) is 0 Å². The summed E-state index contributed by atoms with van der Waals surface area (Å²) in [5, 5.41) is 9.09. The third-order valence-corrected chi connectivity index (χ3v) is 3.00. The standard InChI is InChI=1S/C12H15FN2O2/c13-11-5-1-4-10(14-11)12(17)15-6-2-3-9(7-15)8-16/h1,4-5,9,16H,2-3,6-8H2. The van der Waals surface area contributed by atoms with Gasteiger partial charge in [0.05, 0.1) is 0 Å². The number of hydrogen-bond acceptors (Lipinski definition) is 3. The molecule has 92 valence electrons. The second kappa shape index (κ2) is 5.23. The summed E-state index contributed by atoms with van der Waals surface area (Å²) >= 11 is 0. The molecule has 1 N–H and O–H groups in total. The molecule has 1 fully saturated rings. The number of nitrogens with zero attached hydrogens (tertiary/aromatic N) is 2. The van der Waals surface area contributed by atoms with Crippen LogP contribution in [-0.4, -0.2) is 40.6 Å². The van der Waals surface area contributed by atoms with E-state index in [9.17, 15) is 9.18 Å². The van der Waals surface area contributed by atoms with Crippen LogP contribution in [0.1, 0.15) is 23.3 Å². The van der Waals surface area contributed by atoms with Gasteiger partial charge < -0.3 is 10.0 Å². The predicted octanol–water partition coefficient (Wildman–Crippen LogP) is 1.07. The Labute approximate surface area is 99.1 Å². The van der Waals surface area contributed by atoms with Crippen LogP contribution in [-0.2, 0) is 0 Å². The van der Waals surface area contributed by atoms with Crippen LogP contribution in [0.2, 0.25) is 0 Å². The molecule has 2 heterocycles. The first kappa shape index (κ1) is 12.0. The molecule has 1 aliphatic heterocycles. The normalized spacial score (nSPS) is 20.4. The number of rotatable bonds is 2. The zero-order valence-electron chi connectivity index (χ0n) is 9.47. The Bertz CT molecular complexity index is 411. The van der Waals surface area contributed by atoms with Crippen LogP contribution in [0.25, 0.3) is 0 Å². The van der Waals surface area contributed by atoms with Crippen LogP contribution < -0.4 is 0 Å². The highest BCUT2D eigenvalue weighted by Crippen LogP contribution is 2.17. The molecule has 0 saturated carbocycles. The molecule has 1 aromatic rings. The van der Waals surface area contributed by atoms with Crippen LogP contribution >= 0.6 is 0 Å². The van der Waals surface area contributed by atoms with E-state index < -0.39 is 5.95 Å². The third kappa shape index (κ3) is 2.79. The SMILES string of the molecule is O=C(c1cccc(F)n1)N1CCCC(CO)C1. The molecule has 1 aromatic heterocycles. The summed E-state index contributed by atoms with van der Waals surface area (Å²) in [5.74, 6) is -0.782. The number of aliphatic hydroxyl groups is 1. The molecule has 0 aliphatic carbocycles. The fraction of sp³-hybridized carbons (Fsp3) is 0.500. The van der Waals surface area contributed by atoms with Gasteiger partial charge in [0, 0.05) is 19.7 Å². The van der Waals surface area contributed by atoms with Crippen LogP contribution in [0.4, 0.5) is 4.39 Å². The van der Waals surface area contributed by atoms with Gasteiger partial charge in [-0.05, 0) is 30.9 Å². The number of piperidine rings is 1. The van der Waals surface area contributed by atoms with Crippen LogP contribution in [0.3, 0.4) is 0 Å². The quantitative estimate of drug-likeness (QED) is 0.784. The van der Waals surface area contributed by atoms with E-state index >= 15 is 0 Å². The number of aliphatic hydroxyl groups excluding tert-OH is 1. The maximum absolute atomic E-state index is 12.9. The van der Waals surface area contributed by atoms with E-state index in [1.165, 1.54) is 18.2 Å². The van der Waals surface area contributed by atoms with Crippen molar-refractivity contribution >= 4 is 5.91 Å². The van der Waals surface area contributed by atoms with Gasteiger partial charge in [-0.3, -0.25) is 4.79 Å². The molecule has 1 amide bonds. The monoisotopic (exact) mass is 238 g/mol. The average Bonchev–Trinajstić information content (AvgIpc) is 2.38. The van der Waals surface area contributed by atoms with Crippen LogP contribution in [0, 0.1) is 11.9 Å². The molecular formula is C12H15FN2O2. The number of likely N-dealkylation sites (tertiary alicyclic amines) is 1. The summed E-state index contributed by atoms with van der Waals surface area (Å²) in [6, 6.07) is 4.19. The van der Waals surface area contributed by atoms with Crippen molar-refractivity contribution in [3.05, 3.63) is 29.8 Å². The molecular weight excluding hydrogens is 223 g/mol. The Kier molecular flexibility index (Phi) is 3.68. The lowest BCUT2D eigenvalue weighted by atomic mass is 9.99. The van der Waals surface area contributed by atoms with Gasteiger partial charge in [-0.15, -0.1) is 0 Å². The van der Waals surface area contributed by atoms with Gasteiger partial charge in [0.1, 0.15) is 5.69 Å². The molecule has 0 bridgehead atoms. The van der Waals surface area contributed by atoms with Crippen LogP contribution in [0.5, 0.6) is 0 Å². The van der Waals surface area contributed by atoms with Gasteiger partial charge in [-0.1, -0.05) is 6.07 Å². The van der Waals surface area contributed by atoms with Crippen molar-refractivity contribution in [2.24, 2.45) is 5.92 Å². The first-order chi connectivity index (χ1) is 8.20. The third-order valence-electron chi connectivity index (χ3n) is 3.00. The number of carbonyl (C=O) groups is 1. The summed E-state index contributed by atoms with van der Waals surface area (Å²) in [6.45, 7) is 1.25. The maximum Gasteiger partial charge on any atom is 0.272 e. The van der Waals surface area contributed by atoms with Crippen molar-refractivity contribution < 1.29 is 14.3 Å². The van der Waals surface area contributed by atoms with E-state index in [0.717, 1.165) is 12.8 Å². The van der Waals surface area contributed by atoms with E-state index in [-0.39, 0.29) is 24.1 Å². The van der Waals surface area contributed by atoms with Crippen molar-refractivity contribution in [1.29, 1.82) is 0 Å². The molecule has 2 rings (SSSR count). The molecule has 1 atom stereocenters. The Morgan fingerprint density at radius 3 is 3.12 bits per heavy atom. The summed E-state index contributed by atoms with van der Waals surface area (Å²) in [7, 11) is 0. The maximum atomic E-state index is 12.9. The summed E-state index contributed by atoms with van der Waals surface area (Å²) in [5.41, 5.74) is 0.128. The smallest absolute Gasteiger partial charge is 0.272 e. The molecule has 1 unspecified atom stereocenters. The first-order valence-corrected chi connectivity index (χ1v) is 5.73. The molecule has 0 radical (unpaired) electrons. The lowest BCUT2D eigenvalue weighted by Crippen LogP contribution is -2.41. The number of aromatic nitrogens is 1. The zero-order chi connectivity index (χ0) is 12.3. The summed E-state index contributed by atoms with van der Waals surface area (Å²) in [6.07, 6.45) is 1.79. The van der Waals surface area contributed by atoms with E-state index in [0.29, 0.717) is 13.1 Å². The van der Waals surface area contributed by atoms with E-state index in [1.807, 2.05) is 0 Å². The Morgan fingerprint density at radius 2 is 2.41 bits per heavy atom. The average molecular weight is 238 g/mol. The van der Waals surface area contributed by atoms with Crippen LogP contribution in [0.15, 0.2) is 18.2 Å². The number of hydrogen-bond donors (Lipinski definition) is 1. The van der Waals surface area contributed by atoms with Crippen molar-refractivity contribution in [2.75, 3.05) is 19.7 Å². The molecule has 17 heavy (non-hydrogen) atoms. The van der Waals surface area contributed by atoms with Crippen molar-refractivity contribution in [3.63, 3.8) is 0 Å². The number of carbonyl (C=O) groups excluding carboxylic acids is 1. The molecule has 0 aromatic carbocycles. The molecule has 5 heteroatoms. The second-order valence-electron chi connectivity index (χ2n) is 4.29. The Balaban J connectivity index is 2.09. The summed E-state index contributed by atoms with van der Waals surface area (Å²) < 4.78 is 12.9. The Morgan fingerprint density at radius 1 is 1.59 bits per heavy atom. The number of amides is 1. The lowest BCUT2D eigenvalue weighted by molar-refractivity contribution is 0.0614. The first-order valence-electron chi connectivity index (χ1n) is 5.73. The minimum Gasteiger partial charge on any atom is -0.396 e. The summed E-state index contributed by atoms with van der Waals surface area (Å²) in [4.78, 5) is 17.2. The topological polar surface area (TPSA) is 53.4 Å². The minimum atomic E-state index is -0.647. The minimum absolute atomic E-state index is 0.0837. The van der Waals surface area contributed by atoms with E-state index in [2.05, 4.69) is 4.98 Å². The fourth-order valence-corrected chi connectivity index (χ4v) is 2.09. The zero-order valence-corrected chi connectivity index (χ0v) is 9.47. The highest BCUT2D eigenvalue weighted by Gasteiger charge is 2.24. The largest absolute Gasteiger partial charge is 0.396 e. The van der Waals surface area contributed by atoms with E-state index in [4.69, 9.17) is 5.11 Å².